The minimum Gasteiger partial charge on any atom is -0.342 e. The van der Waals surface area contributed by atoms with E-state index in [1.54, 1.807) is 0 Å². The van der Waals surface area contributed by atoms with Crippen molar-refractivity contribution in [3.63, 3.8) is 0 Å². The summed E-state index contributed by atoms with van der Waals surface area (Å²) in [5, 5.41) is 5.34. The number of piperazine rings is 1. The maximum absolute atomic E-state index is 11.5. The average molecular weight is 216 g/mol. The Morgan fingerprint density at radius 3 is 2.21 bits per heavy atom. The van der Waals surface area contributed by atoms with Gasteiger partial charge in [-0.05, 0) is 12.3 Å². The van der Waals surface area contributed by atoms with Crippen LogP contribution in [0.3, 0.4) is 0 Å². The fourth-order valence-corrected chi connectivity index (χ4v) is 1.70. The molecule has 0 aromatic heterocycles. The van der Waals surface area contributed by atoms with Gasteiger partial charge in [0.2, 0.25) is 11.8 Å². The Morgan fingerprint density at radius 2 is 1.71 bits per heavy atom. The minimum atomic E-state index is -0.478. The van der Waals surface area contributed by atoms with E-state index in [0.29, 0.717) is 18.1 Å². The van der Waals surface area contributed by atoms with E-state index in [4.69, 9.17) is 0 Å². The van der Waals surface area contributed by atoms with Gasteiger partial charge in [-0.3, -0.25) is 9.59 Å². The van der Waals surface area contributed by atoms with E-state index >= 15 is 0 Å². The molecule has 0 bridgehead atoms. The molecule has 1 aliphatic heterocycles. The molecule has 1 rings (SSSR count). The molecule has 0 radical (unpaired) electrons. The van der Waals surface area contributed by atoms with Crippen LogP contribution in [0.4, 0.5) is 0 Å². The first-order valence-corrected chi connectivity index (χ1v) is 5.39. The highest BCUT2D eigenvalue weighted by Gasteiger charge is 2.32. The average Bonchev–Trinajstić information content (AvgIpc) is 2.10. The van der Waals surface area contributed by atoms with Crippen LogP contribution < -0.4 is 10.6 Å². The second kappa shape index (κ2) is 4.68. The molecule has 1 heterocycles. The molecule has 1 aliphatic rings. The number of amides is 2. The zero-order valence-corrected chi connectivity index (χ0v) is 9.30. The molecule has 1 fully saturated rings. The lowest BCUT2D eigenvalue weighted by atomic mass is 10.0. The monoisotopic (exact) mass is 216 g/mol. The van der Waals surface area contributed by atoms with Gasteiger partial charge in [-0.2, -0.15) is 12.6 Å². The van der Waals surface area contributed by atoms with Gasteiger partial charge in [0, 0.05) is 5.75 Å². The summed E-state index contributed by atoms with van der Waals surface area (Å²) in [6.45, 7) is 4.04. The van der Waals surface area contributed by atoms with Crippen LogP contribution in [0.15, 0.2) is 0 Å². The molecule has 0 aliphatic carbocycles. The SMILES string of the molecule is CC(C)CC1NC(=O)[C@H](CS)NC1=O. The highest BCUT2D eigenvalue weighted by atomic mass is 32.1. The van der Waals surface area contributed by atoms with Gasteiger partial charge in [0.25, 0.3) is 0 Å². The number of carbonyl (C=O) groups excluding carboxylic acids is 2. The molecule has 2 atom stereocenters. The smallest absolute Gasteiger partial charge is 0.244 e. The van der Waals surface area contributed by atoms with Crippen molar-refractivity contribution in [3.8, 4) is 0 Å². The molecule has 80 valence electrons. The van der Waals surface area contributed by atoms with Crippen LogP contribution in [0.25, 0.3) is 0 Å². The van der Waals surface area contributed by atoms with Crippen LogP contribution >= 0.6 is 12.6 Å². The highest BCUT2D eigenvalue weighted by Crippen LogP contribution is 2.08. The largest absolute Gasteiger partial charge is 0.342 e. The van der Waals surface area contributed by atoms with Crippen molar-refractivity contribution >= 4 is 24.4 Å². The number of hydrogen-bond donors (Lipinski definition) is 3. The van der Waals surface area contributed by atoms with Crippen LogP contribution in [0, 0.1) is 5.92 Å². The number of nitrogens with one attached hydrogen (secondary N) is 2. The molecule has 2 N–H and O–H groups in total. The first kappa shape index (κ1) is 11.4. The predicted molar refractivity (Wildman–Crippen MR) is 57.2 cm³/mol. The van der Waals surface area contributed by atoms with Crippen LogP contribution in [0.1, 0.15) is 20.3 Å². The van der Waals surface area contributed by atoms with E-state index in [0.717, 1.165) is 0 Å². The Labute approximate surface area is 89.2 Å². The summed E-state index contributed by atoms with van der Waals surface area (Å²) in [5.74, 6) is 0.493. The molecule has 0 aromatic carbocycles. The van der Waals surface area contributed by atoms with Crippen LogP contribution in [-0.2, 0) is 9.59 Å². The van der Waals surface area contributed by atoms with Gasteiger partial charge in [-0.25, -0.2) is 0 Å². The third kappa shape index (κ3) is 2.64. The molecule has 0 aromatic rings. The van der Waals surface area contributed by atoms with E-state index in [2.05, 4.69) is 23.3 Å². The highest BCUT2D eigenvalue weighted by molar-refractivity contribution is 7.80. The normalized spacial score (nSPS) is 27.4. The summed E-state index contributed by atoms with van der Waals surface area (Å²) in [5.41, 5.74) is 0. The lowest BCUT2D eigenvalue weighted by molar-refractivity contribution is -0.136. The quantitative estimate of drug-likeness (QED) is 0.579. The number of rotatable bonds is 3. The molecule has 1 saturated heterocycles. The molecule has 4 nitrogen and oxygen atoms in total. The van der Waals surface area contributed by atoms with Crippen molar-refractivity contribution in [1.29, 1.82) is 0 Å². The number of carbonyl (C=O) groups is 2. The molecule has 5 heteroatoms. The molecular weight excluding hydrogens is 200 g/mol. The zero-order chi connectivity index (χ0) is 10.7. The first-order chi connectivity index (χ1) is 6.54. The van der Waals surface area contributed by atoms with Crippen LogP contribution in [-0.4, -0.2) is 29.7 Å². The minimum absolute atomic E-state index is 0.0997. The Bertz CT molecular complexity index is 243. The summed E-state index contributed by atoms with van der Waals surface area (Å²) in [6, 6.07) is -0.854. The molecular formula is C9H16N2O2S. The zero-order valence-electron chi connectivity index (χ0n) is 8.41. The van der Waals surface area contributed by atoms with Crippen LogP contribution in [0.2, 0.25) is 0 Å². The molecule has 2 amide bonds. The van der Waals surface area contributed by atoms with Crippen molar-refractivity contribution in [2.24, 2.45) is 5.92 Å². The summed E-state index contributed by atoms with van der Waals surface area (Å²) in [6.07, 6.45) is 0.677. The van der Waals surface area contributed by atoms with Gasteiger partial charge >= 0.3 is 0 Å². The molecule has 0 spiro atoms. The lowest BCUT2D eigenvalue weighted by Crippen LogP contribution is -2.62. The van der Waals surface area contributed by atoms with Crippen LogP contribution in [0.5, 0.6) is 0 Å². The molecule has 14 heavy (non-hydrogen) atoms. The summed E-state index contributed by atoms with van der Waals surface area (Å²) >= 11 is 3.99. The van der Waals surface area contributed by atoms with E-state index in [9.17, 15) is 9.59 Å². The Balaban J connectivity index is 2.57. The van der Waals surface area contributed by atoms with E-state index < -0.39 is 6.04 Å². The maximum Gasteiger partial charge on any atom is 0.244 e. The first-order valence-electron chi connectivity index (χ1n) is 4.76. The van der Waals surface area contributed by atoms with Gasteiger partial charge < -0.3 is 10.6 Å². The van der Waals surface area contributed by atoms with Gasteiger partial charge in [-0.15, -0.1) is 0 Å². The lowest BCUT2D eigenvalue weighted by Gasteiger charge is -2.29. The number of thiol groups is 1. The van der Waals surface area contributed by atoms with Gasteiger partial charge in [0.05, 0.1) is 0 Å². The second-order valence-corrected chi connectivity index (χ2v) is 4.30. The Kier molecular flexibility index (Phi) is 3.80. The number of hydrogen-bond acceptors (Lipinski definition) is 3. The van der Waals surface area contributed by atoms with Gasteiger partial charge in [0.15, 0.2) is 0 Å². The predicted octanol–water partition coefficient (Wildman–Crippen LogP) is -0.0545. The van der Waals surface area contributed by atoms with E-state index in [-0.39, 0.29) is 17.9 Å². The summed E-state index contributed by atoms with van der Waals surface area (Å²) in [4.78, 5) is 22.9. The van der Waals surface area contributed by atoms with E-state index in [1.807, 2.05) is 13.8 Å². The topological polar surface area (TPSA) is 58.2 Å². The van der Waals surface area contributed by atoms with Crippen molar-refractivity contribution in [2.45, 2.75) is 32.4 Å². The summed E-state index contributed by atoms with van der Waals surface area (Å²) < 4.78 is 0. The van der Waals surface area contributed by atoms with Gasteiger partial charge in [-0.1, -0.05) is 13.8 Å². The fraction of sp³-hybridized carbons (Fsp3) is 0.778. The molecule has 1 unspecified atom stereocenters. The van der Waals surface area contributed by atoms with E-state index in [1.165, 1.54) is 0 Å². The second-order valence-electron chi connectivity index (χ2n) is 3.93. The standard InChI is InChI=1S/C9H16N2O2S/c1-5(2)3-6-8(12)11-7(4-14)9(13)10-6/h5-7,14H,3-4H2,1-2H3,(H,10,13)(H,11,12)/t6?,7-/m0/s1. The van der Waals surface area contributed by atoms with Gasteiger partial charge in [0.1, 0.15) is 12.1 Å². The van der Waals surface area contributed by atoms with Crippen molar-refractivity contribution < 1.29 is 9.59 Å². The Morgan fingerprint density at radius 1 is 1.21 bits per heavy atom. The summed E-state index contributed by atoms with van der Waals surface area (Å²) in [7, 11) is 0. The fourth-order valence-electron chi connectivity index (χ4n) is 1.44. The third-order valence-corrected chi connectivity index (χ3v) is 2.52. The van der Waals surface area contributed by atoms with Crippen molar-refractivity contribution in [2.75, 3.05) is 5.75 Å². The van der Waals surface area contributed by atoms with Crippen molar-refractivity contribution in [3.05, 3.63) is 0 Å². The Hall–Kier alpha value is -0.710. The maximum atomic E-state index is 11.5. The third-order valence-electron chi connectivity index (χ3n) is 2.16. The molecule has 0 saturated carbocycles. The van der Waals surface area contributed by atoms with Crippen molar-refractivity contribution in [1.82, 2.24) is 10.6 Å².